The second-order valence-electron chi connectivity index (χ2n) is 3.84. The monoisotopic (exact) mass is 218 g/mol. The van der Waals surface area contributed by atoms with E-state index in [4.69, 9.17) is 0 Å². The first-order chi connectivity index (χ1) is 7.70. The van der Waals surface area contributed by atoms with E-state index in [1.807, 2.05) is 6.07 Å². The van der Waals surface area contributed by atoms with Crippen LogP contribution in [0.15, 0.2) is 30.3 Å². The SMILES string of the molecule is O=C([O-])[C@@H]1CCCN1C(=O)c1ccccc1. The first-order valence-corrected chi connectivity index (χ1v) is 5.27. The van der Waals surface area contributed by atoms with Crippen molar-refractivity contribution in [3.05, 3.63) is 35.9 Å². The summed E-state index contributed by atoms with van der Waals surface area (Å²) in [7, 11) is 0. The minimum Gasteiger partial charge on any atom is -0.548 e. The minimum atomic E-state index is -1.17. The molecule has 1 aliphatic rings. The van der Waals surface area contributed by atoms with Crippen molar-refractivity contribution < 1.29 is 14.7 Å². The number of hydrogen-bond donors (Lipinski definition) is 0. The number of amides is 1. The van der Waals surface area contributed by atoms with Crippen LogP contribution in [0, 0.1) is 0 Å². The van der Waals surface area contributed by atoms with Gasteiger partial charge in [0.2, 0.25) is 0 Å². The van der Waals surface area contributed by atoms with Crippen molar-refractivity contribution in [2.24, 2.45) is 0 Å². The molecule has 84 valence electrons. The van der Waals surface area contributed by atoms with Crippen LogP contribution in [0.5, 0.6) is 0 Å². The molecule has 1 atom stereocenters. The van der Waals surface area contributed by atoms with Crippen LogP contribution in [-0.2, 0) is 4.79 Å². The van der Waals surface area contributed by atoms with Gasteiger partial charge in [-0.25, -0.2) is 0 Å². The Morgan fingerprint density at radius 2 is 1.94 bits per heavy atom. The van der Waals surface area contributed by atoms with E-state index < -0.39 is 12.0 Å². The van der Waals surface area contributed by atoms with E-state index in [0.29, 0.717) is 18.5 Å². The van der Waals surface area contributed by atoms with Crippen LogP contribution < -0.4 is 5.11 Å². The van der Waals surface area contributed by atoms with Gasteiger partial charge in [0.05, 0.1) is 12.0 Å². The molecule has 0 N–H and O–H groups in total. The van der Waals surface area contributed by atoms with Crippen LogP contribution in [0.3, 0.4) is 0 Å². The maximum atomic E-state index is 12.0. The molecule has 0 unspecified atom stereocenters. The van der Waals surface area contributed by atoms with Crippen LogP contribution in [-0.4, -0.2) is 29.4 Å². The van der Waals surface area contributed by atoms with Gasteiger partial charge in [0.1, 0.15) is 0 Å². The van der Waals surface area contributed by atoms with Gasteiger partial charge in [-0.05, 0) is 25.0 Å². The second kappa shape index (κ2) is 4.35. The van der Waals surface area contributed by atoms with Crippen molar-refractivity contribution in [3.63, 3.8) is 0 Å². The molecule has 0 aromatic heterocycles. The molecule has 1 amide bonds. The summed E-state index contributed by atoms with van der Waals surface area (Å²) in [6.45, 7) is 0.492. The second-order valence-corrected chi connectivity index (χ2v) is 3.84. The molecule has 1 saturated heterocycles. The van der Waals surface area contributed by atoms with E-state index in [1.54, 1.807) is 24.3 Å². The van der Waals surface area contributed by atoms with Gasteiger partial charge in [0.15, 0.2) is 0 Å². The molecule has 1 aliphatic heterocycles. The molecule has 0 spiro atoms. The molecule has 1 aromatic carbocycles. The van der Waals surface area contributed by atoms with E-state index in [9.17, 15) is 14.7 Å². The Kier molecular flexibility index (Phi) is 2.90. The van der Waals surface area contributed by atoms with Crippen molar-refractivity contribution in [2.75, 3.05) is 6.54 Å². The summed E-state index contributed by atoms with van der Waals surface area (Å²) in [4.78, 5) is 24.2. The molecule has 16 heavy (non-hydrogen) atoms. The van der Waals surface area contributed by atoms with Gasteiger partial charge in [-0.2, -0.15) is 0 Å². The number of rotatable bonds is 2. The van der Waals surface area contributed by atoms with Crippen molar-refractivity contribution >= 4 is 11.9 Å². The maximum absolute atomic E-state index is 12.0. The lowest BCUT2D eigenvalue weighted by molar-refractivity contribution is -0.310. The number of hydrogen-bond acceptors (Lipinski definition) is 3. The highest BCUT2D eigenvalue weighted by Crippen LogP contribution is 2.19. The zero-order valence-corrected chi connectivity index (χ0v) is 8.76. The van der Waals surface area contributed by atoms with Crippen LogP contribution in [0.2, 0.25) is 0 Å². The molecule has 1 fully saturated rings. The standard InChI is InChI=1S/C12H13NO3/c14-11(9-5-2-1-3-6-9)13-8-4-7-10(13)12(15)16/h1-3,5-6,10H,4,7-8H2,(H,15,16)/p-1/t10-/m0/s1. The number of carbonyl (C=O) groups is 2. The highest BCUT2D eigenvalue weighted by Gasteiger charge is 2.29. The van der Waals surface area contributed by atoms with Crippen LogP contribution in [0.1, 0.15) is 23.2 Å². The molecule has 1 aromatic rings. The molecule has 0 radical (unpaired) electrons. The number of likely N-dealkylation sites (tertiary alicyclic amines) is 1. The normalized spacial score (nSPS) is 19.8. The Morgan fingerprint density at radius 3 is 2.56 bits per heavy atom. The molecule has 0 saturated carbocycles. The van der Waals surface area contributed by atoms with E-state index in [1.165, 1.54) is 4.90 Å². The fraction of sp³-hybridized carbons (Fsp3) is 0.333. The Hall–Kier alpha value is -1.84. The lowest BCUT2D eigenvalue weighted by Crippen LogP contribution is -2.46. The molecule has 4 heteroatoms. The van der Waals surface area contributed by atoms with Gasteiger partial charge in [0, 0.05) is 12.1 Å². The Bertz CT molecular complexity index is 402. The number of aliphatic carboxylic acids is 1. The zero-order chi connectivity index (χ0) is 11.5. The van der Waals surface area contributed by atoms with Gasteiger partial charge in [-0.1, -0.05) is 18.2 Å². The molecule has 0 bridgehead atoms. The summed E-state index contributed by atoms with van der Waals surface area (Å²) < 4.78 is 0. The third kappa shape index (κ3) is 1.91. The quantitative estimate of drug-likeness (QED) is 0.704. The summed E-state index contributed by atoms with van der Waals surface area (Å²) in [6.07, 6.45) is 1.21. The lowest BCUT2D eigenvalue weighted by Gasteiger charge is -2.25. The number of carbonyl (C=O) groups excluding carboxylic acids is 2. The summed E-state index contributed by atoms with van der Waals surface area (Å²) in [5.74, 6) is -1.39. The minimum absolute atomic E-state index is 0.229. The highest BCUT2D eigenvalue weighted by molar-refractivity contribution is 5.96. The summed E-state index contributed by atoms with van der Waals surface area (Å²) >= 11 is 0. The van der Waals surface area contributed by atoms with Gasteiger partial charge in [0.25, 0.3) is 5.91 Å². The van der Waals surface area contributed by atoms with Crippen molar-refractivity contribution in [3.8, 4) is 0 Å². The average molecular weight is 218 g/mol. The van der Waals surface area contributed by atoms with Gasteiger partial charge in [-0.3, -0.25) is 4.79 Å². The molecule has 1 heterocycles. The molecule has 4 nitrogen and oxygen atoms in total. The van der Waals surface area contributed by atoms with Crippen LogP contribution in [0.4, 0.5) is 0 Å². The van der Waals surface area contributed by atoms with Gasteiger partial charge < -0.3 is 14.8 Å². The van der Waals surface area contributed by atoms with Crippen molar-refractivity contribution in [1.82, 2.24) is 4.90 Å². The van der Waals surface area contributed by atoms with E-state index in [-0.39, 0.29) is 5.91 Å². The number of carboxylic acids is 1. The predicted molar refractivity (Wildman–Crippen MR) is 55.5 cm³/mol. The summed E-state index contributed by atoms with van der Waals surface area (Å²) in [6, 6.07) is 7.94. The number of nitrogens with zero attached hydrogens (tertiary/aromatic N) is 1. The Labute approximate surface area is 93.5 Å². The predicted octanol–water partition coefficient (Wildman–Crippen LogP) is 0.0411. The van der Waals surface area contributed by atoms with Crippen LogP contribution >= 0.6 is 0 Å². The Balaban J connectivity index is 2.19. The summed E-state index contributed by atoms with van der Waals surface area (Å²) in [5.41, 5.74) is 0.524. The zero-order valence-electron chi connectivity index (χ0n) is 8.76. The first kappa shape index (κ1) is 10.7. The van der Waals surface area contributed by atoms with Crippen molar-refractivity contribution in [1.29, 1.82) is 0 Å². The average Bonchev–Trinajstić information content (AvgIpc) is 2.78. The molecule has 0 aliphatic carbocycles. The highest BCUT2D eigenvalue weighted by atomic mass is 16.4. The smallest absolute Gasteiger partial charge is 0.254 e. The Morgan fingerprint density at radius 1 is 1.25 bits per heavy atom. The number of carboxylic acid groups (broad SMARTS) is 1. The topological polar surface area (TPSA) is 60.4 Å². The van der Waals surface area contributed by atoms with E-state index >= 15 is 0 Å². The third-order valence-corrected chi connectivity index (χ3v) is 2.81. The fourth-order valence-electron chi connectivity index (χ4n) is 2.00. The van der Waals surface area contributed by atoms with E-state index in [0.717, 1.165) is 6.42 Å². The molecule has 2 rings (SSSR count). The fourth-order valence-corrected chi connectivity index (χ4v) is 2.00. The number of benzene rings is 1. The lowest BCUT2D eigenvalue weighted by atomic mass is 10.1. The van der Waals surface area contributed by atoms with Crippen LogP contribution in [0.25, 0.3) is 0 Å². The molecular formula is C12H12NO3-. The molecular weight excluding hydrogens is 206 g/mol. The first-order valence-electron chi connectivity index (χ1n) is 5.27. The summed E-state index contributed by atoms with van der Waals surface area (Å²) in [5, 5.41) is 10.8. The van der Waals surface area contributed by atoms with Gasteiger partial charge >= 0.3 is 0 Å². The largest absolute Gasteiger partial charge is 0.548 e. The third-order valence-electron chi connectivity index (χ3n) is 2.81. The van der Waals surface area contributed by atoms with Crippen molar-refractivity contribution in [2.45, 2.75) is 18.9 Å². The maximum Gasteiger partial charge on any atom is 0.254 e. The van der Waals surface area contributed by atoms with Gasteiger partial charge in [-0.15, -0.1) is 0 Å². The van der Waals surface area contributed by atoms with E-state index in [2.05, 4.69) is 0 Å².